The van der Waals surface area contributed by atoms with Gasteiger partial charge in [0, 0.05) is 11.1 Å². The maximum atomic E-state index is 13.5. The van der Waals surface area contributed by atoms with Crippen LogP contribution in [0.1, 0.15) is 15.9 Å². The summed E-state index contributed by atoms with van der Waals surface area (Å²) in [5.74, 6) is -0.361. The van der Waals surface area contributed by atoms with Gasteiger partial charge in [0.1, 0.15) is 17.3 Å². The van der Waals surface area contributed by atoms with E-state index in [1.54, 1.807) is 18.2 Å². The van der Waals surface area contributed by atoms with Crippen LogP contribution in [0.15, 0.2) is 34.8 Å². The number of rotatable bonds is 4. The van der Waals surface area contributed by atoms with E-state index >= 15 is 0 Å². The number of ether oxygens (including phenoxy) is 2. The van der Waals surface area contributed by atoms with Crippen LogP contribution in [0.2, 0.25) is 5.02 Å². The Hall–Kier alpha value is -1.59. The summed E-state index contributed by atoms with van der Waals surface area (Å²) in [4.78, 5) is 12.6. The lowest BCUT2D eigenvalue weighted by molar-refractivity contribution is 0.103. The molecule has 0 N–H and O–H groups in total. The molecule has 0 bridgehead atoms. The Balaban J connectivity index is 2.57. The summed E-state index contributed by atoms with van der Waals surface area (Å²) in [5, 5.41) is 0.454. The molecule has 0 fully saturated rings. The molecule has 3 nitrogen and oxygen atoms in total. The maximum Gasteiger partial charge on any atom is 0.200 e. The van der Waals surface area contributed by atoms with Crippen molar-refractivity contribution in [2.45, 2.75) is 0 Å². The van der Waals surface area contributed by atoms with Crippen LogP contribution >= 0.6 is 27.5 Å². The highest BCUT2D eigenvalue weighted by Crippen LogP contribution is 2.31. The molecule has 0 aliphatic carbocycles. The van der Waals surface area contributed by atoms with Crippen molar-refractivity contribution in [1.82, 2.24) is 0 Å². The first-order chi connectivity index (χ1) is 9.97. The van der Waals surface area contributed by atoms with Crippen molar-refractivity contribution >= 4 is 33.3 Å². The number of benzene rings is 2. The van der Waals surface area contributed by atoms with Crippen molar-refractivity contribution in [2.75, 3.05) is 14.2 Å². The van der Waals surface area contributed by atoms with Gasteiger partial charge in [-0.3, -0.25) is 4.79 Å². The lowest BCUT2D eigenvalue weighted by atomic mass is 10.0. The van der Waals surface area contributed by atoms with Gasteiger partial charge in [-0.25, -0.2) is 4.39 Å². The minimum atomic E-state index is -0.508. The molecule has 0 unspecified atom stereocenters. The second kappa shape index (κ2) is 6.45. The van der Waals surface area contributed by atoms with Crippen molar-refractivity contribution in [1.29, 1.82) is 0 Å². The summed E-state index contributed by atoms with van der Waals surface area (Å²) < 4.78 is 23.9. The molecule has 0 radical (unpaired) electrons. The lowest BCUT2D eigenvalue weighted by Crippen LogP contribution is -2.07. The molecule has 0 heterocycles. The van der Waals surface area contributed by atoms with Crippen LogP contribution in [-0.2, 0) is 0 Å². The van der Waals surface area contributed by atoms with E-state index in [4.69, 9.17) is 21.1 Å². The molecular weight excluding hydrogens is 363 g/mol. The third-order valence-corrected chi connectivity index (χ3v) is 3.74. The van der Waals surface area contributed by atoms with Gasteiger partial charge in [0.05, 0.1) is 29.8 Å². The third kappa shape index (κ3) is 3.19. The van der Waals surface area contributed by atoms with Gasteiger partial charge in [-0.1, -0.05) is 11.6 Å². The SMILES string of the molecule is COc1cc(Cl)ccc1C(=O)c1cc(Br)c(F)cc1OC. The standard InChI is InChI=1S/C15H11BrClFO3/c1-20-13-5-8(17)3-4-9(13)15(19)10-6-11(16)12(18)7-14(10)21-2/h3-7H,1-2H3. The number of carbonyl (C=O) groups excluding carboxylic acids is 1. The van der Waals surface area contributed by atoms with Gasteiger partial charge in [-0.2, -0.15) is 0 Å². The smallest absolute Gasteiger partial charge is 0.200 e. The average molecular weight is 374 g/mol. The zero-order valence-corrected chi connectivity index (χ0v) is 13.6. The van der Waals surface area contributed by atoms with E-state index < -0.39 is 5.82 Å². The van der Waals surface area contributed by atoms with Crippen molar-refractivity contribution in [3.05, 3.63) is 56.8 Å². The Morgan fingerprint density at radius 2 is 1.71 bits per heavy atom. The maximum absolute atomic E-state index is 13.5. The van der Waals surface area contributed by atoms with Crippen molar-refractivity contribution in [3.8, 4) is 11.5 Å². The highest BCUT2D eigenvalue weighted by Gasteiger charge is 2.20. The molecule has 0 saturated carbocycles. The second-order valence-corrected chi connectivity index (χ2v) is 5.43. The van der Waals surface area contributed by atoms with Crippen LogP contribution in [0.4, 0.5) is 4.39 Å². The molecule has 2 rings (SSSR count). The zero-order valence-electron chi connectivity index (χ0n) is 11.2. The van der Waals surface area contributed by atoms with Crippen LogP contribution in [0, 0.1) is 5.82 Å². The first kappa shape index (κ1) is 15.8. The molecule has 6 heteroatoms. The first-order valence-corrected chi connectivity index (χ1v) is 7.06. The predicted molar refractivity (Wildman–Crippen MR) is 82.1 cm³/mol. The summed E-state index contributed by atoms with van der Waals surface area (Å²) in [6.07, 6.45) is 0. The van der Waals surface area contributed by atoms with Crippen LogP contribution in [0.5, 0.6) is 11.5 Å². The monoisotopic (exact) mass is 372 g/mol. The molecule has 0 aliphatic heterocycles. The van der Waals surface area contributed by atoms with Crippen LogP contribution < -0.4 is 9.47 Å². The van der Waals surface area contributed by atoms with Crippen LogP contribution in [0.25, 0.3) is 0 Å². The molecule has 0 aliphatic rings. The molecule has 0 amide bonds. The number of methoxy groups -OCH3 is 2. The number of carbonyl (C=O) groups is 1. The van der Waals surface area contributed by atoms with Gasteiger partial charge >= 0.3 is 0 Å². The van der Waals surface area contributed by atoms with Gasteiger partial charge in [-0.05, 0) is 40.2 Å². The van der Waals surface area contributed by atoms with E-state index in [-0.39, 0.29) is 21.6 Å². The highest BCUT2D eigenvalue weighted by atomic mass is 79.9. The zero-order chi connectivity index (χ0) is 15.6. The molecule has 110 valence electrons. The van der Waals surface area contributed by atoms with Gasteiger partial charge in [-0.15, -0.1) is 0 Å². The van der Waals surface area contributed by atoms with Gasteiger partial charge in [0.15, 0.2) is 0 Å². The fraction of sp³-hybridized carbons (Fsp3) is 0.133. The molecule has 2 aromatic rings. The van der Waals surface area contributed by atoms with E-state index in [1.165, 1.54) is 20.3 Å². The largest absolute Gasteiger partial charge is 0.496 e. The summed E-state index contributed by atoms with van der Waals surface area (Å²) in [7, 11) is 2.82. The van der Waals surface area contributed by atoms with E-state index in [0.29, 0.717) is 16.3 Å². The summed E-state index contributed by atoms with van der Waals surface area (Å²) in [6.45, 7) is 0. The highest BCUT2D eigenvalue weighted by molar-refractivity contribution is 9.10. The summed E-state index contributed by atoms with van der Waals surface area (Å²) in [5.41, 5.74) is 0.546. The molecule has 0 spiro atoms. The summed E-state index contributed by atoms with van der Waals surface area (Å²) >= 11 is 8.94. The van der Waals surface area contributed by atoms with Gasteiger partial charge in [0.2, 0.25) is 5.78 Å². The van der Waals surface area contributed by atoms with Crippen molar-refractivity contribution in [2.24, 2.45) is 0 Å². The average Bonchev–Trinajstić information content (AvgIpc) is 2.48. The molecular formula is C15H11BrClFO3. The van der Waals surface area contributed by atoms with Gasteiger partial charge in [0.25, 0.3) is 0 Å². The Bertz CT molecular complexity index is 704. The number of ketones is 1. The van der Waals surface area contributed by atoms with Crippen molar-refractivity contribution < 1.29 is 18.7 Å². The first-order valence-electron chi connectivity index (χ1n) is 5.89. The van der Waals surface area contributed by atoms with Crippen LogP contribution in [-0.4, -0.2) is 20.0 Å². The molecule has 2 aromatic carbocycles. The normalized spacial score (nSPS) is 10.3. The minimum absolute atomic E-state index is 0.151. The summed E-state index contributed by atoms with van der Waals surface area (Å²) in [6, 6.07) is 7.21. The van der Waals surface area contributed by atoms with Crippen LogP contribution in [0.3, 0.4) is 0 Å². The molecule has 0 atom stereocenters. The van der Waals surface area contributed by atoms with Gasteiger partial charge < -0.3 is 9.47 Å². The Kier molecular flexibility index (Phi) is 4.85. The molecule has 0 aromatic heterocycles. The van der Waals surface area contributed by atoms with E-state index in [9.17, 15) is 9.18 Å². The lowest BCUT2D eigenvalue weighted by Gasteiger charge is -2.11. The Morgan fingerprint density at radius 3 is 2.33 bits per heavy atom. The number of halogens is 3. The Labute approximate surface area is 134 Å². The quantitative estimate of drug-likeness (QED) is 0.741. The number of hydrogen-bond acceptors (Lipinski definition) is 3. The molecule has 0 saturated heterocycles. The van der Waals surface area contributed by atoms with E-state index in [2.05, 4.69) is 15.9 Å². The second-order valence-electron chi connectivity index (χ2n) is 4.14. The fourth-order valence-corrected chi connectivity index (χ4v) is 2.38. The molecule has 21 heavy (non-hydrogen) atoms. The van der Waals surface area contributed by atoms with E-state index in [1.807, 2.05) is 0 Å². The van der Waals surface area contributed by atoms with Crippen molar-refractivity contribution in [3.63, 3.8) is 0 Å². The Morgan fingerprint density at radius 1 is 1.10 bits per heavy atom. The van der Waals surface area contributed by atoms with E-state index in [0.717, 1.165) is 6.07 Å². The minimum Gasteiger partial charge on any atom is -0.496 e. The third-order valence-electron chi connectivity index (χ3n) is 2.90. The fourth-order valence-electron chi connectivity index (χ4n) is 1.87. The topological polar surface area (TPSA) is 35.5 Å². The predicted octanol–water partition coefficient (Wildman–Crippen LogP) is 4.49. The number of hydrogen-bond donors (Lipinski definition) is 0.